The molecule has 3 N–H and O–H groups in total. The van der Waals surface area contributed by atoms with E-state index in [0.29, 0.717) is 38.1 Å². The number of carbonyl (C=O) groups excluding carboxylic acids is 3. The van der Waals surface area contributed by atoms with Gasteiger partial charge in [-0.3, -0.25) is 14.4 Å². The molecule has 2 heterocycles. The van der Waals surface area contributed by atoms with Crippen molar-refractivity contribution in [3.8, 4) is 5.75 Å². The van der Waals surface area contributed by atoms with Crippen LogP contribution in [-0.2, 0) is 14.4 Å². The van der Waals surface area contributed by atoms with E-state index in [1.54, 1.807) is 7.11 Å². The van der Waals surface area contributed by atoms with Crippen molar-refractivity contribution in [3.63, 3.8) is 0 Å². The van der Waals surface area contributed by atoms with E-state index in [0.717, 1.165) is 11.3 Å². The predicted molar refractivity (Wildman–Crippen MR) is 154 cm³/mol. The summed E-state index contributed by atoms with van der Waals surface area (Å²) in [5.41, 5.74) is 1.55. The summed E-state index contributed by atoms with van der Waals surface area (Å²) in [6.45, 7) is 5.00. The number of hydrogen-bond donors (Lipinski definition) is 3. The number of benzene rings is 2. The first-order valence-corrected chi connectivity index (χ1v) is 14.0. The largest absolute Gasteiger partial charge is 0.497 e. The van der Waals surface area contributed by atoms with Crippen LogP contribution in [0.5, 0.6) is 5.75 Å². The SMILES string of the molecule is COc1ccc(N2C/C=C\CNC(=O)[C@H](CC(C)C)NC(=O)[C@@H]3CCCN3C(=O)[C@@H](O)[C@@H]2c2ccccc2)cc1. The molecule has 1 saturated heterocycles. The maximum absolute atomic E-state index is 13.9. The molecular weight excluding hydrogens is 508 g/mol. The van der Waals surface area contributed by atoms with E-state index in [4.69, 9.17) is 4.74 Å². The summed E-state index contributed by atoms with van der Waals surface area (Å²) in [4.78, 5) is 43.8. The van der Waals surface area contributed by atoms with Crippen LogP contribution in [0.25, 0.3) is 0 Å². The van der Waals surface area contributed by atoms with Crippen molar-refractivity contribution in [3.05, 3.63) is 72.3 Å². The van der Waals surface area contributed by atoms with Crippen molar-refractivity contribution in [2.24, 2.45) is 5.92 Å². The fourth-order valence-corrected chi connectivity index (χ4v) is 5.47. The van der Waals surface area contributed by atoms with Crippen molar-refractivity contribution in [2.75, 3.05) is 31.6 Å². The highest BCUT2D eigenvalue weighted by molar-refractivity contribution is 5.93. The maximum Gasteiger partial charge on any atom is 0.254 e. The van der Waals surface area contributed by atoms with Gasteiger partial charge in [0.05, 0.1) is 13.2 Å². The average Bonchev–Trinajstić information content (AvgIpc) is 3.45. The van der Waals surface area contributed by atoms with E-state index >= 15 is 0 Å². The molecule has 0 aliphatic carbocycles. The first-order chi connectivity index (χ1) is 19.3. The van der Waals surface area contributed by atoms with Gasteiger partial charge in [0.1, 0.15) is 17.8 Å². The van der Waals surface area contributed by atoms with Crippen LogP contribution in [0.2, 0.25) is 0 Å². The summed E-state index contributed by atoms with van der Waals surface area (Å²) in [5, 5.41) is 17.6. The van der Waals surface area contributed by atoms with Gasteiger partial charge >= 0.3 is 0 Å². The molecule has 214 valence electrons. The molecule has 2 aromatic rings. The maximum atomic E-state index is 13.9. The third kappa shape index (κ3) is 6.83. The second kappa shape index (κ2) is 13.5. The summed E-state index contributed by atoms with van der Waals surface area (Å²) in [5.74, 6) is -0.260. The fraction of sp³-hybridized carbons (Fsp3) is 0.452. The van der Waals surface area contributed by atoms with Crippen LogP contribution < -0.4 is 20.3 Å². The minimum atomic E-state index is -1.44. The van der Waals surface area contributed by atoms with Crippen molar-refractivity contribution < 1.29 is 24.2 Å². The number of ether oxygens (including phenoxy) is 1. The van der Waals surface area contributed by atoms with Crippen LogP contribution >= 0.6 is 0 Å². The number of hydrogen-bond acceptors (Lipinski definition) is 6. The van der Waals surface area contributed by atoms with Crippen LogP contribution in [0.4, 0.5) is 5.69 Å². The van der Waals surface area contributed by atoms with Gasteiger partial charge in [-0.05, 0) is 55.0 Å². The van der Waals surface area contributed by atoms with E-state index in [1.807, 2.05) is 85.5 Å². The molecule has 9 heteroatoms. The minimum Gasteiger partial charge on any atom is -0.497 e. The molecule has 4 atom stereocenters. The number of nitrogens with one attached hydrogen (secondary N) is 2. The lowest BCUT2D eigenvalue weighted by atomic mass is 9.97. The Morgan fingerprint density at radius 2 is 1.70 bits per heavy atom. The van der Waals surface area contributed by atoms with Crippen molar-refractivity contribution in [2.45, 2.75) is 57.3 Å². The molecule has 0 unspecified atom stereocenters. The van der Waals surface area contributed by atoms with Gasteiger partial charge in [0.2, 0.25) is 11.8 Å². The number of aliphatic hydroxyl groups excluding tert-OH is 1. The third-order valence-corrected chi connectivity index (χ3v) is 7.47. The summed E-state index contributed by atoms with van der Waals surface area (Å²) in [6, 6.07) is 14.7. The van der Waals surface area contributed by atoms with Crippen LogP contribution in [0.15, 0.2) is 66.7 Å². The molecule has 2 aromatic carbocycles. The van der Waals surface area contributed by atoms with E-state index in [-0.39, 0.29) is 24.3 Å². The van der Waals surface area contributed by atoms with Gasteiger partial charge in [-0.15, -0.1) is 0 Å². The lowest BCUT2D eigenvalue weighted by Gasteiger charge is -2.38. The molecule has 3 amide bonds. The van der Waals surface area contributed by atoms with E-state index < -0.39 is 30.1 Å². The molecule has 0 spiro atoms. The van der Waals surface area contributed by atoms with Crippen LogP contribution in [0.1, 0.15) is 44.7 Å². The molecule has 4 rings (SSSR count). The summed E-state index contributed by atoms with van der Waals surface area (Å²) in [6.07, 6.45) is 3.90. The average molecular weight is 549 g/mol. The zero-order valence-corrected chi connectivity index (χ0v) is 23.5. The molecular formula is C31H40N4O5. The number of rotatable bonds is 5. The second-order valence-corrected chi connectivity index (χ2v) is 10.7. The zero-order valence-electron chi connectivity index (χ0n) is 23.5. The smallest absolute Gasteiger partial charge is 0.254 e. The first-order valence-electron chi connectivity index (χ1n) is 14.0. The van der Waals surface area contributed by atoms with Gasteiger partial charge in [0.15, 0.2) is 6.10 Å². The Morgan fingerprint density at radius 1 is 0.975 bits per heavy atom. The van der Waals surface area contributed by atoms with Gasteiger partial charge in [-0.25, -0.2) is 0 Å². The van der Waals surface area contributed by atoms with Crippen LogP contribution in [-0.4, -0.2) is 72.7 Å². The first kappa shape index (κ1) is 29.1. The Hall–Kier alpha value is -3.85. The molecule has 0 radical (unpaired) electrons. The number of nitrogens with zero attached hydrogens (tertiary/aromatic N) is 2. The monoisotopic (exact) mass is 548 g/mol. The topological polar surface area (TPSA) is 111 Å². The summed E-state index contributed by atoms with van der Waals surface area (Å²) >= 11 is 0. The molecule has 0 aromatic heterocycles. The normalized spacial score (nSPS) is 25.5. The van der Waals surface area contributed by atoms with Gasteiger partial charge < -0.3 is 30.3 Å². The number of fused-ring (bicyclic) bond motifs is 1. The standard InChI is InChI=1S/C31H40N4O5/c1-21(2)20-25-29(37)32-17-7-8-18-34(23-13-15-24(40-3)16-14-23)27(22-10-5-4-6-11-22)28(36)31(39)35-19-9-12-26(35)30(38)33-25/h4-8,10-11,13-16,21,25-28,36H,9,12,17-20H2,1-3H3,(H,32,37)(H,33,38)/b8-7-/t25-,26-,27-,28-/m0/s1. The summed E-state index contributed by atoms with van der Waals surface area (Å²) < 4.78 is 5.33. The molecule has 1 fully saturated rings. The Labute approximate surface area is 236 Å². The van der Waals surface area contributed by atoms with E-state index in [2.05, 4.69) is 10.6 Å². The van der Waals surface area contributed by atoms with Gasteiger partial charge in [0.25, 0.3) is 5.91 Å². The van der Waals surface area contributed by atoms with Crippen molar-refractivity contribution in [1.29, 1.82) is 0 Å². The molecule has 40 heavy (non-hydrogen) atoms. The third-order valence-electron chi connectivity index (χ3n) is 7.47. The Kier molecular flexibility index (Phi) is 9.82. The Morgan fingerprint density at radius 3 is 2.38 bits per heavy atom. The van der Waals surface area contributed by atoms with Crippen molar-refractivity contribution >= 4 is 23.4 Å². The van der Waals surface area contributed by atoms with Gasteiger partial charge in [-0.1, -0.05) is 56.3 Å². The number of anilines is 1. The van der Waals surface area contributed by atoms with Crippen molar-refractivity contribution in [1.82, 2.24) is 15.5 Å². The number of aliphatic hydroxyl groups is 1. The Bertz CT molecular complexity index is 1180. The summed E-state index contributed by atoms with van der Waals surface area (Å²) in [7, 11) is 1.60. The quantitative estimate of drug-likeness (QED) is 0.496. The number of carbonyl (C=O) groups is 3. The fourth-order valence-electron chi connectivity index (χ4n) is 5.47. The zero-order chi connectivity index (χ0) is 28.6. The number of amides is 3. The van der Waals surface area contributed by atoms with E-state index in [9.17, 15) is 19.5 Å². The molecule has 0 saturated carbocycles. The minimum absolute atomic E-state index is 0.182. The second-order valence-electron chi connectivity index (χ2n) is 10.7. The lowest BCUT2D eigenvalue weighted by Crippen LogP contribution is -2.55. The highest BCUT2D eigenvalue weighted by atomic mass is 16.5. The van der Waals surface area contributed by atoms with Crippen LogP contribution in [0.3, 0.4) is 0 Å². The van der Waals surface area contributed by atoms with Gasteiger partial charge in [0, 0.05) is 25.3 Å². The predicted octanol–water partition coefficient (Wildman–Crippen LogP) is 2.81. The van der Waals surface area contributed by atoms with E-state index in [1.165, 1.54) is 4.90 Å². The van der Waals surface area contributed by atoms with Gasteiger partial charge in [-0.2, -0.15) is 0 Å². The van der Waals surface area contributed by atoms with Crippen LogP contribution in [0, 0.1) is 5.92 Å². The number of methoxy groups -OCH3 is 1. The molecule has 2 aliphatic heterocycles. The Balaban J connectivity index is 1.76. The lowest BCUT2D eigenvalue weighted by molar-refractivity contribution is -0.146. The highest BCUT2D eigenvalue weighted by Crippen LogP contribution is 2.33. The highest BCUT2D eigenvalue weighted by Gasteiger charge is 2.42. The molecule has 9 nitrogen and oxygen atoms in total. The molecule has 2 aliphatic rings. The molecule has 0 bridgehead atoms.